The van der Waals surface area contributed by atoms with Gasteiger partial charge in [0.05, 0.1) is 12.5 Å². The first-order valence-corrected chi connectivity index (χ1v) is 8.41. The van der Waals surface area contributed by atoms with E-state index in [4.69, 9.17) is 32.4 Å². The van der Waals surface area contributed by atoms with Gasteiger partial charge in [0.1, 0.15) is 18.1 Å². The molecule has 3 aromatic rings. The lowest BCUT2D eigenvalue weighted by Crippen LogP contribution is -2.17. The summed E-state index contributed by atoms with van der Waals surface area (Å²) >= 11 is 12.0. The molecule has 1 N–H and O–H groups in total. The first kappa shape index (κ1) is 18.0. The third kappa shape index (κ3) is 4.88. The third-order valence-electron chi connectivity index (χ3n) is 3.43. The molecule has 0 fully saturated rings. The SMILES string of the molecule is O=C(N/N=C\c1ccco1)c1ccc(OCc2ccc(Cl)cc2Cl)cc1. The van der Waals surface area contributed by atoms with Crippen molar-refractivity contribution in [3.05, 3.63) is 87.8 Å². The van der Waals surface area contributed by atoms with Gasteiger partial charge >= 0.3 is 0 Å². The van der Waals surface area contributed by atoms with E-state index >= 15 is 0 Å². The predicted octanol–water partition coefficient (Wildman–Crippen LogP) is 4.93. The number of ether oxygens (including phenoxy) is 1. The van der Waals surface area contributed by atoms with E-state index in [-0.39, 0.29) is 5.91 Å². The van der Waals surface area contributed by atoms with Crippen molar-refractivity contribution >= 4 is 35.3 Å². The van der Waals surface area contributed by atoms with Crippen molar-refractivity contribution in [1.82, 2.24) is 5.43 Å². The zero-order chi connectivity index (χ0) is 18.4. The summed E-state index contributed by atoms with van der Waals surface area (Å²) in [5.74, 6) is 0.835. The van der Waals surface area contributed by atoms with E-state index in [2.05, 4.69) is 10.5 Å². The molecular weight excluding hydrogens is 375 g/mol. The van der Waals surface area contributed by atoms with Crippen LogP contribution in [0.5, 0.6) is 5.75 Å². The highest BCUT2D eigenvalue weighted by Crippen LogP contribution is 2.22. The Kier molecular flexibility index (Phi) is 5.94. The number of hydrogen-bond acceptors (Lipinski definition) is 4. The molecule has 0 bridgehead atoms. The standard InChI is InChI=1S/C19H14Cl2N2O3/c20-15-6-3-14(18(21)10-15)12-26-16-7-4-13(5-8-16)19(24)23-22-11-17-2-1-9-25-17/h1-11H,12H2,(H,23,24)/b22-11-. The molecule has 0 radical (unpaired) electrons. The van der Waals surface area contributed by atoms with Gasteiger partial charge in [-0.3, -0.25) is 4.79 Å². The monoisotopic (exact) mass is 388 g/mol. The Labute approximate surface area is 160 Å². The van der Waals surface area contributed by atoms with Crippen LogP contribution >= 0.6 is 23.2 Å². The maximum absolute atomic E-state index is 12.0. The van der Waals surface area contributed by atoms with E-state index in [0.29, 0.717) is 33.7 Å². The van der Waals surface area contributed by atoms with Gasteiger partial charge in [-0.05, 0) is 48.5 Å². The molecule has 0 unspecified atom stereocenters. The van der Waals surface area contributed by atoms with Crippen LogP contribution < -0.4 is 10.2 Å². The summed E-state index contributed by atoms with van der Waals surface area (Å²) in [6, 6.07) is 15.4. The molecule has 3 rings (SSSR count). The lowest BCUT2D eigenvalue weighted by atomic mass is 10.2. The van der Waals surface area contributed by atoms with Crippen LogP contribution in [0.25, 0.3) is 0 Å². The summed E-state index contributed by atoms with van der Waals surface area (Å²) in [7, 11) is 0. The third-order valence-corrected chi connectivity index (χ3v) is 4.01. The van der Waals surface area contributed by atoms with E-state index < -0.39 is 0 Å². The average molecular weight is 389 g/mol. The molecule has 1 heterocycles. The van der Waals surface area contributed by atoms with Gasteiger partial charge in [0, 0.05) is 21.2 Å². The first-order valence-electron chi connectivity index (χ1n) is 7.65. The van der Waals surface area contributed by atoms with Crippen molar-refractivity contribution in [2.45, 2.75) is 6.61 Å². The van der Waals surface area contributed by atoms with E-state index in [1.165, 1.54) is 12.5 Å². The minimum Gasteiger partial charge on any atom is -0.489 e. The maximum atomic E-state index is 12.0. The second-order valence-electron chi connectivity index (χ2n) is 5.26. The van der Waals surface area contributed by atoms with Gasteiger partial charge in [0.25, 0.3) is 5.91 Å². The zero-order valence-corrected chi connectivity index (χ0v) is 15.0. The van der Waals surface area contributed by atoms with E-state index in [1.54, 1.807) is 48.5 Å². The molecule has 132 valence electrons. The molecule has 1 amide bonds. The lowest BCUT2D eigenvalue weighted by molar-refractivity contribution is 0.0955. The predicted molar refractivity (Wildman–Crippen MR) is 101 cm³/mol. The number of nitrogens with zero attached hydrogens (tertiary/aromatic N) is 1. The van der Waals surface area contributed by atoms with E-state index in [0.717, 1.165) is 5.56 Å². The smallest absolute Gasteiger partial charge is 0.271 e. The molecule has 0 aliphatic heterocycles. The van der Waals surface area contributed by atoms with Crippen LogP contribution in [0.1, 0.15) is 21.7 Å². The van der Waals surface area contributed by atoms with Crippen molar-refractivity contribution < 1.29 is 13.9 Å². The van der Waals surface area contributed by atoms with Gasteiger partial charge in [-0.1, -0.05) is 29.3 Å². The highest BCUT2D eigenvalue weighted by atomic mass is 35.5. The molecule has 1 aromatic heterocycles. The van der Waals surface area contributed by atoms with E-state index in [9.17, 15) is 4.79 Å². The molecular formula is C19H14Cl2N2O3. The van der Waals surface area contributed by atoms with Gasteiger partial charge in [0.2, 0.25) is 0 Å². The Morgan fingerprint density at radius 3 is 2.65 bits per heavy atom. The fourth-order valence-electron chi connectivity index (χ4n) is 2.09. The number of carbonyl (C=O) groups excluding carboxylic acids is 1. The van der Waals surface area contributed by atoms with Crippen molar-refractivity contribution in [2.24, 2.45) is 5.10 Å². The highest BCUT2D eigenvalue weighted by molar-refractivity contribution is 6.35. The number of furan rings is 1. The quantitative estimate of drug-likeness (QED) is 0.480. The Bertz CT molecular complexity index is 907. The van der Waals surface area contributed by atoms with Crippen LogP contribution in [0.15, 0.2) is 70.4 Å². The number of carbonyl (C=O) groups is 1. The van der Waals surface area contributed by atoms with Crippen LogP contribution in [0.2, 0.25) is 10.0 Å². The number of hydrazone groups is 1. The fraction of sp³-hybridized carbons (Fsp3) is 0.0526. The van der Waals surface area contributed by atoms with Crippen molar-refractivity contribution in [1.29, 1.82) is 0 Å². The fourth-order valence-corrected chi connectivity index (χ4v) is 2.55. The molecule has 2 aromatic carbocycles. The molecule has 0 aliphatic rings. The zero-order valence-electron chi connectivity index (χ0n) is 13.5. The minimum absolute atomic E-state index is 0.301. The molecule has 0 aliphatic carbocycles. The molecule has 7 heteroatoms. The second-order valence-corrected chi connectivity index (χ2v) is 6.11. The van der Waals surface area contributed by atoms with Gasteiger partial charge in [0.15, 0.2) is 0 Å². The minimum atomic E-state index is -0.333. The number of halogens is 2. The highest BCUT2D eigenvalue weighted by Gasteiger charge is 2.06. The summed E-state index contributed by atoms with van der Waals surface area (Å²) in [4.78, 5) is 12.0. The van der Waals surface area contributed by atoms with Crippen LogP contribution in [0, 0.1) is 0 Å². The Hall–Kier alpha value is -2.76. The summed E-state index contributed by atoms with van der Waals surface area (Å²) in [5, 5.41) is 4.95. The van der Waals surface area contributed by atoms with Gasteiger partial charge in [-0.15, -0.1) is 0 Å². The summed E-state index contributed by atoms with van der Waals surface area (Å²) < 4.78 is 10.8. The molecule has 0 spiro atoms. The van der Waals surface area contributed by atoms with Crippen molar-refractivity contribution in [3.63, 3.8) is 0 Å². The van der Waals surface area contributed by atoms with Crippen LogP contribution in [0.4, 0.5) is 0 Å². The second kappa shape index (κ2) is 8.56. The molecule has 0 saturated heterocycles. The topological polar surface area (TPSA) is 63.8 Å². The van der Waals surface area contributed by atoms with E-state index in [1.807, 2.05) is 6.07 Å². The van der Waals surface area contributed by atoms with Gasteiger partial charge in [-0.2, -0.15) is 5.10 Å². The average Bonchev–Trinajstić information content (AvgIpc) is 3.15. The first-order chi connectivity index (χ1) is 12.6. The maximum Gasteiger partial charge on any atom is 0.271 e. The summed E-state index contributed by atoms with van der Waals surface area (Å²) in [6.07, 6.45) is 2.95. The van der Waals surface area contributed by atoms with Crippen molar-refractivity contribution in [3.8, 4) is 5.75 Å². The largest absolute Gasteiger partial charge is 0.489 e. The van der Waals surface area contributed by atoms with Crippen LogP contribution in [-0.4, -0.2) is 12.1 Å². The van der Waals surface area contributed by atoms with Crippen molar-refractivity contribution in [2.75, 3.05) is 0 Å². The normalized spacial score (nSPS) is 10.8. The Balaban J connectivity index is 1.55. The van der Waals surface area contributed by atoms with Gasteiger partial charge in [-0.25, -0.2) is 5.43 Å². The van der Waals surface area contributed by atoms with Crippen LogP contribution in [0.3, 0.4) is 0 Å². The molecule has 5 nitrogen and oxygen atoms in total. The van der Waals surface area contributed by atoms with Crippen LogP contribution in [-0.2, 0) is 6.61 Å². The number of hydrogen-bond donors (Lipinski definition) is 1. The lowest BCUT2D eigenvalue weighted by Gasteiger charge is -2.08. The Morgan fingerprint density at radius 1 is 1.15 bits per heavy atom. The number of amides is 1. The van der Waals surface area contributed by atoms with Gasteiger partial charge < -0.3 is 9.15 Å². The number of rotatable bonds is 6. The molecule has 0 saturated carbocycles. The molecule has 0 atom stereocenters. The summed E-state index contributed by atoms with van der Waals surface area (Å²) in [6.45, 7) is 0.301. The molecule has 26 heavy (non-hydrogen) atoms. The number of benzene rings is 2. The Morgan fingerprint density at radius 2 is 1.96 bits per heavy atom. The number of nitrogens with one attached hydrogen (secondary N) is 1. The summed E-state index contributed by atoms with van der Waals surface area (Å²) in [5.41, 5.74) is 3.71.